The SMILES string of the molecule is CC(O)C(=O)O.C[N+](C)(C)CCO. The lowest BCUT2D eigenvalue weighted by Crippen LogP contribution is -2.36. The van der Waals surface area contributed by atoms with Gasteiger partial charge in [-0.1, -0.05) is 0 Å². The average Bonchev–Trinajstić information content (AvgIpc) is 1.85. The van der Waals surface area contributed by atoms with E-state index in [1.54, 1.807) is 0 Å². The van der Waals surface area contributed by atoms with Gasteiger partial charge in [0, 0.05) is 0 Å². The molecule has 13 heavy (non-hydrogen) atoms. The van der Waals surface area contributed by atoms with E-state index in [0.717, 1.165) is 11.0 Å². The van der Waals surface area contributed by atoms with E-state index in [-0.39, 0.29) is 6.61 Å². The van der Waals surface area contributed by atoms with Crippen molar-refractivity contribution in [3.8, 4) is 0 Å². The van der Waals surface area contributed by atoms with E-state index in [4.69, 9.17) is 15.3 Å². The predicted octanol–water partition coefficient (Wildman–Crippen LogP) is -0.863. The summed E-state index contributed by atoms with van der Waals surface area (Å²) in [6.45, 7) is 2.31. The summed E-state index contributed by atoms with van der Waals surface area (Å²) < 4.78 is 0.844. The first-order valence-electron chi connectivity index (χ1n) is 4.03. The molecule has 0 spiro atoms. The Hall–Kier alpha value is -0.650. The third kappa shape index (κ3) is 18.4. The Balaban J connectivity index is 0. The van der Waals surface area contributed by atoms with E-state index >= 15 is 0 Å². The van der Waals surface area contributed by atoms with Crippen molar-refractivity contribution in [2.45, 2.75) is 13.0 Å². The number of likely N-dealkylation sites (N-methyl/N-ethyl adjacent to an activating group) is 1. The van der Waals surface area contributed by atoms with Crippen molar-refractivity contribution in [3.63, 3.8) is 0 Å². The number of carbonyl (C=O) groups is 1. The highest BCUT2D eigenvalue weighted by Gasteiger charge is 2.02. The van der Waals surface area contributed by atoms with E-state index in [1.165, 1.54) is 6.92 Å². The van der Waals surface area contributed by atoms with Gasteiger partial charge in [0.15, 0.2) is 0 Å². The fourth-order valence-corrected chi connectivity index (χ4v) is 0.300. The number of hydrogen-bond donors (Lipinski definition) is 3. The van der Waals surface area contributed by atoms with Crippen molar-refractivity contribution in [2.24, 2.45) is 0 Å². The molecular weight excluding hydrogens is 174 g/mol. The molecule has 0 aliphatic rings. The van der Waals surface area contributed by atoms with Crippen LogP contribution in [0.15, 0.2) is 0 Å². The fraction of sp³-hybridized carbons (Fsp3) is 0.875. The lowest BCUT2D eigenvalue weighted by molar-refractivity contribution is -0.870. The van der Waals surface area contributed by atoms with E-state index in [2.05, 4.69) is 21.1 Å². The van der Waals surface area contributed by atoms with Gasteiger partial charge in [0.05, 0.1) is 27.7 Å². The molecule has 0 bridgehead atoms. The lowest BCUT2D eigenvalue weighted by atomic mass is 10.4. The molecule has 0 saturated heterocycles. The van der Waals surface area contributed by atoms with Crippen LogP contribution in [0, 0.1) is 0 Å². The second kappa shape index (κ2) is 6.82. The second-order valence-electron chi connectivity index (χ2n) is 3.75. The van der Waals surface area contributed by atoms with Gasteiger partial charge in [-0.2, -0.15) is 0 Å². The van der Waals surface area contributed by atoms with Crippen molar-refractivity contribution in [2.75, 3.05) is 34.3 Å². The Morgan fingerprint density at radius 1 is 1.38 bits per heavy atom. The van der Waals surface area contributed by atoms with Crippen LogP contribution >= 0.6 is 0 Å². The molecule has 5 nitrogen and oxygen atoms in total. The minimum absolute atomic E-state index is 0.281. The number of aliphatic hydroxyl groups is 2. The Kier molecular flexibility index (Phi) is 7.79. The monoisotopic (exact) mass is 194 g/mol. The van der Waals surface area contributed by atoms with Gasteiger partial charge in [-0.15, -0.1) is 0 Å². The van der Waals surface area contributed by atoms with Crippen LogP contribution < -0.4 is 0 Å². The molecule has 0 fully saturated rings. The Morgan fingerprint density at radius 2 is 1.69 bits per heavy atom. The van der Waals surface area contributed by atoms with Crippen LogP contribution in [0.1, 0.15) is 6.92 Å². The zero-order valence-electron chi connectivity index (χ0n) is 8.69. The quantitative estimate of drug-likeness (QED) is 0.511. The predicted molar refractivity (Wildman–Crippen MR) is 49.3 cm³/mol. The molecule has 0 aliphatic heterocycles. The summed E-state index contributed by atoms with van der Waals surface area (Å²) in [7, 11) is 6.16. The van der Waals surface area contributed by atoms with Crippen LogP contribution in [0.5, 0.6) is 0 Å². The first-order valence-corrected chi connectivity index (χ1v) is 4.03. The molecule has 0 heterocycles. The molecule has 0 saturated carbocycles. The summed E-state index contributed by atoms with van der Waals surface area (Å²) in [6, 6.07) is 0. The van der Waals surface area contributed by atoms with Gasteiger partial charge in [-0.05, 0) is 6.92 Å². The van der Waals surface area contributed by atoms with Gasteiger partial charge < -0.3 is 19.8 Å². The number of rotatable bonds is 3. The van der Waals surface area contributed by atoms with Crippen LogP contribution in [0.2, 0.25) is 0 Å². The second-order valence-corrected chi connectivity index (χ2v) is 3.75. The smallest absolute Gasteiger partial charge is 0.332 e. The number of nitrogens with zero attached hydrogens (tertiary/aromatic N) is 1. The molecule has 0 aliphatic carbocycles. The van der Waals surface area contributed by atoms with Gasteiger partial charge >= 0.3 is 5.97 Å². The van der Waals surface area contributed by atoms with E-state index < -0.39 is 12.1 Å². The van der Waals surface area contributed by atoms with Gasteiger partial charge in [0.2, 0.25) is 0 Å². The van der Waals surface area contributed by atoms with Gasteiger partial charge in [0.1, 0.15) is 12.6 Å². The molecule has 0 rings (SSSR count). The average molecular weight is 194 g/mol. The maximum Gasteiger partial charge on any atom is 0.332 e. The summed E-state index contributed by atoms with van der Waals surface area (Å²) in [6.07, 6.45) is -1.23. The number of carboxylic acids is 1. The van der Waals surface area contributed by atoms with E-state index in [0.29, 0.717) is 0 Å². The van der Waals surface area contributed by atoms with Crippen molar-refractivity contribution in [1.82, 2.24) is 0 Å². The normalized spacial score (nSPS) is 12.8. The molecule has 0 amide bonds. The van der Waals surface area contributed by atoms with Gasteiger partial charge in [-0.3, -0.25) is 0 Å². The highest BCUT2D eigenvalue weighted by atomic mass is 16.4. The Morgan fingerprint density at radius 3 is 1.69 bits per heavy atom. The van der Waals surface area contributed by atoms with E-state index in [1.807, 2.05) is 0 Å². The minimum Gasteiger partial charge on any atom is -0.479 e. The van der Waals surface area contributed by atoms with Gasteiger partial charge in [0.25, 0.3) is 0 Å². The maximum absolute atomic E-state index is 9.45. The van der Waals surface area contributed by atoms with Crippen LogP contribution in [-0.2, 0) is 4.79 Å². The number of aliphatic hydroxyl groups excluding tert-OH is 2. The third-order valence-electron chi connectivity index (χ3n) is 1.13. The van der Waals surface area contributed by atoms with Crippen molar-refractivity contribution in [3.05, 3.63) is 0 Å². The Labute approximate surface area is 78.8 Å². The number of hydrogen-bond acceptors (Lipinski definition) is 3. The summed E-state index contributed by atoms with van der Waals surface area (Å²) >= 11 is 0. The zero-order valence-corrected chi connectivity index (χ0v) is 8.69. The van der Waals surface area contributed by atoms with Crippen molar-refractivity contribution >= 4 is 5.97 Å². The fourth-order valence-electron chi connectivity index (χ4n) is 0.300. The zero-order chi connectivity index (χ0) is 11.1. The van der Waals surface area contributed by atoms with Crippen LogP contribution in [-0.4, -0.2) is 66.2 Å². The highest BCUT2D eigenvalue weighted by molar-refractivity contribution is 5.71. The van der Waals surface area contributed by atoms with Crippen LogP contribution in [0.4, 0.5) is 0 Å². The third-order valence-corrected chi connectivity index (χ3v) is 1.13. The first kappa shape index (κ1) is 14.9. The number of quaternary nitrogens is 1. The summed E-state index contributed by atoms with van der Waals surface area (Å²) in [5.41, 5.74) is 0. The molecule has 0 aromatic rings. The lowest BCUT2D eigenvalue weighted by Gasteiger charge is -2.21. The number of aliphatic carboxylic acids is 1. The Bertz CT molecular complexity index is 140. The van der Waals surface area contributed by atoms with Gasteiger partial charge in [-0.25, -0.2) is 4.79 Å². The first-order chi connectivity index (χ1) is 5.70. The molecule has 0 radical (unpaired) electrons. The molecule has 1 unspecified atom stereocenters. The number of carboxylic acid groups (broad SMARTS) is 1. The molecule has 3 N–H and O–H groups in total. The van der Waals surface area contributed by atoms with E-state index in [9.17, 15) is 4.79 Å². The summed E-state index contributed by atoms with van der Waals surface area (Å²) in [4.78, 5) is 9.45. The molecule has 80 valence electrons. The largest absolute Gasteiger partial charge is 0.479 e. The molecule has 1 atom stereocenters. The van der Waals surface area contributed by atoms with Crippen molar-refractivity contribution in [1.29, 1.82) is 0 Å². The standard InChI is InChI=1S/C5H14NO.C3H6O3/c1-6(2,3)4-5-7;1-2(4)3(5)6/h7H,4-5H2,1-3H3;2,4H,1H3,(H,5,6)/q+1;. The highest BCUT2D eigenvalue weighted by Crippen LogP contribution is 1.84. The van der Waals surface area contributed by atoms with Crippen molar-refractivity contribution < 1.29 is 24.6 Å². The molecular formula is C8H20NO4+. The topological polar surface area (TPSA) is 77.8 Å². The maximum atomic E-state index is 9.45. The summed E-state index contributed by atoms with van der Waals surface area (Å²) in [5, 5.41) is 24.2. The minimum atomic E-state index is -1.23. The molecule has 0 aromatic carbocycles. The molecule has 0 aromatic heterocycles. The molecule has 5 heteroatoms. The summed E-state index contributed by atoms with van der Waals surface area (Å²) in [5.74, 6) is -1.19. The van der Waals surface area contributed by atoms with Crippen LogP contribution in [0.3, 0.4) is 0 Å². The van der Waals surface area contributed by atoms with Crippen LogP contribution in [0.25, 0.3) is 0 Å².